The summed E-state index contributed by atoms with van der Waals surface area (Å²) < 4.78 is 0. The second-order valence-corrected chi connectivity index (χ2v) is 6.15. The highest BCUT2D eigenvalue weighted by atomic mass is 32.1. The van der Waals surface area contributed by atoms with Crippen molar-refractivity contribution in [2.24, 2.45) is 0 Å². The topological polar surface area (TPSA) is 57.3 Å². The van der Waals surface area contributed by atoms with Crippen LogP contribution < -0.4 is 10.6 Å². The summed E-state index contributed by atoms with van der Waals surface area (Å²) in [5.41, 5.74) is 2.06. The number of hydrogen-bond acceptors (Lipinski definition) is 4. The van der Waals surface area contributed by atoms with Crippen molar-refractivity contribution in [2.75, 3.05) is 20.6 Å². The van der Waals surface area contributed by atoms with Crippen molar-refractivity contribution in [1.82, 2.24) is 20.5 Å². The van der Waals surface area contributed by atoms with Gasteiger partial charge in [0.15, 0.2) is 0 Å². The van der Waals surface area contributed by atoms with Crippen LogP contribution in [-0.2, 0) is 0 Å². The van der Waals surface area contributed by atoms with E-state index in [9.17, 15) is 4.79 Å². The first kappa shape index (κ1) is 16.5. The molecule has 2 rings (SSSR count). The molecule has 2 N–H and O–H groups in total. The maximum Gasteiger partial charge on any atom is 0.315 e. The smallest absolute Gasteiger partial charge is 0.315 e. The number of nitrogens with zero attached hydrogens (tertiary/aromatic N) is 2. The van der Waals surface area contributed by atoms with Gasteiger partial charge in [0.2, 0.25) is 0 Å². The second-order valence-electron chi connectivity index (χ2n) is 5.37. The molecule has 0 aliphatic carbocycles. The molecule has 0 bridgehead atoms. The SMILES string of the molecule is C[C@H](NC(=O)NC[C@H](c1ccsc1)N(C)C)c1ccccn1. The van der Waals surface area contributed by atoms with E-state index in [-0.39, 0.29) is 18.1 Å². The minimum atomic E-state index is -0.180. The Labute approximate surface area is 135 Å². The van der Waals surface area contributed by atoms with Crippen LogP contribution in [-0.4, -0.2) is 36.6 Å². The third-order valence-electron chi connectivity index (χ3n) is 3.49. The second kappa shape index (κ2) is 7.91. The molecule has 0 radical (unpaired) electrons. The van der Waals surface area contributed by atoms with Crippen LogP contribution >= 0.6 is 11.3 Å². The van der Waals surface area contributed by atoms with Gasteiger partial charge in [-0.05, 0) is 55.5 Å². The van der Waals surface area contributed by atoms with Crippen LogP contribution in [0.4, 0.5) is 4.79 Å². The van der Waals surface area contributed by atoms with Gasteiger partial charge < -0.3 is 15.5 Å². The fourth-order valence-corrected chi connectivity index (χ4v) is 2.91. The van der Waals surface area contributed by atoms with Crippen molar-refractivity contribution < 1.29 is 4.79 Å². The lowest BCUT2D eigenvalue weighted by atomic mass is 10.1. The molecular weight excluding hydrogens is 296 g/mol. The summed E-state index contributed by atoms with van der Waals surface area (Å²) in [4.78, 5) is 18.4. The van der Waals surface area contributed by atoms with E-state index in [0.717, 1.165) is 5.69 Å². The zero-order valence-electron chi connectivity index (χ0n) is 13.1. The Morgan fingerprint density at radius 3 is 2.77 bits per heavy atom. The monoisotopic (exact) mass is 318 g/mol. The molecule has 0 fully saturated rings. The molecule has 5 nitrogen and oxygen atoms in total. The van der Waals surface area contributed by atoms with Crippen molar-refractivity contribution in [1.29, 1.82) is 0 Å². The van der Waals surface area contributed by atoms with Gasteiger partial charge in [-0.1, -0.05) is 6.07 Å². The number of aromatic nitrogens is 1. The highest BCUT2D eigenvalue weighted by Gasteiger charge is 2.16. The first-order valence-corrected chi connectivity index (χ1v) is 8.16. The quantitative estimate of drug-likeness (QED) is 0.861. The molecule has 2 atom stereocenters. The van der Waals surface area contributed by atoms with Crippen LogP contribution in [0, 0.1) is 0 Å². The molecule has 0 aliphatic heterocycles. The normalized spacial score (nSPS) is 13.6. The molecule has 118 valence electrons. The number of hydrogen-bond donors (Lipinski definition) is 2. The molecular formula is C16H22N4OS. The molecule has 0 saturated carbocycles. The lowest BCUT2D eigenvalue weighted by molar-refractivity contribution is 0.230. The molecule has 22 heavy (non-hydrogen) atoms. The van der Waals surface area contributed by atoms with E-state index in [1.807, 2.05) is 39.2 Å². The molecule has 0 unspecified atom stereocenters. The van der Waals surface area contributed by atoms with Gasteiger partial charge in [0, 0.05) is 12.7 Å². The highest BCUT2D eigenvalue weighted by molar-refractivity contribution is 7.07. The average Bonchev–Trinajstić information content (AvgIpc) is 3.02. The molecule has 6 heteroatoms. The van der Waals surface area contributed by atoms with Crippen molar-refractivity contribution >= 4 is 17.4 Å². The number of amides is 2. The molecule has 0 saturated heterocycles. The van der Waals surface area contributed by atoms with E-state index >= 15 is 0 Å². The van der Waals surface area contributed by atoms with Crippen LogP contribution in [0.2, 0.25) is 0 Å². The third-order valence-corrected chi connectivity index (χ3v) is 4.19. The van der Waals surface area contributed by atoms with Crippen LogP contribution in [0.5, 0.6) is 0 Å². The Bertz CT molecular complexity index is 571. The summed E-state index contributed by atoms with van der Waals surface area (Å²) in [5, 5.41) is 10.0. The Morgan fingerprint density at radius 2 is 2.18 bits per heavy atom. The van der Waals surface area contributed by atoms with Gasteiger partial charge >= 0.3 is 6.03 Å². The minimum absolute atomic E-state index is 0.125. The number of thiophene rings is 1. The number of carbonyl (C=O) groups is 1. The summed E-state index contributed by atoms with van der Waals surface area (Å²) in [6, 6.07) is 7.63. The number of carbonyl (C=O) groups excluding carboxylic acids is 1. The van der Waals surface area contributed by atoms with E-state index in [1.54, 1.807) is 17.5 Å². The average molecular weight is 318 g/mol. The molecule has 0 aliphatic rings. The Kier molecular flexibility index (Phi) is 5.91. The lowest BCUT2D eigenvalue weighted by Gasteiger charge is -2.24. The van der Waals surface area contributed by atoms with Gasteiger partial charge in [-0.3, -0.25) is 4.98 Å². The fraction of sp³-hybridized carbons (Fsp3) is 0.375. The molecule has 0 aromatic carbocycles. The van der Waals surface area contributed by atoms with Gasteiger partial charge in [0.1, 0.15) is 0 Å². The minimum Gasteiger partial charge on any atom is -0.336 e. The predicted octanol–water partition coefficient (Wildman–Crippen LogP) is 2.81. The molecule has 2 heterocycles. The number of rotatable bonds is 6. The van der Waals surface area contributed by atoms with Crippen LogP contribution in [0.15, 0.2) is 41.2 Å². The van der Waals surface area contributed by atoms with E-state index in [4.69, 9.17) is 0 Å². The number of likely N-dealkylation sites (N-methyl/N-ethyl adjacent to an activating group) is 1. The molecule has 2 amide bonds. The van der Waals surface area contributed by atoms with Gasteiger partial charge in [0.05, 0.1) is 17.8 Å². The van der Waals surface area contributed by atoms with Crippen LogP contribution in [0.25, 0.3) is 0 Å². The van der Waals surface area contributed by atoms with Gasteiger partial charge in [-0.25, -0.2) is 4.79 Å². The third kappa shape index (κ3) is 4.54. The molecule has 2 aromatic heterocycles. The van der Waals surface area contributed by atoms with E-state index in [0.29, 0.717) is 6.54 Å². The van der Waals surface area contributed by atoms with Crippen molar-refractivity contribution in [3.63, 3.8) is 0 Å². The maximum atomic E-state index is 12.1. The van der Waals surface area contributed by atoms with Crippen LogP contribution in [0.3, 0.4) is 0 Å². The first-order chi connectivity index (χ1) is 10.6. The summed E-state index contributed by atoms with van der Waals surface area (Å²) in [5.74, 6) is 0. The largest absolute Gasteiger partial charge is 0.336 e. The standard InChI is InChI=1S/C16H22N4OS/c1-12(14-6-4-5-8-17-14)19-16(21)18-10-15(20(2)3)13-7-9-22-11-13/h4-9,11-12,15H,10H2,1-3H3,(H2,18,19,21)/t12-,15+/m0/s1. The zero-order chi connectivity index (χ0) is 15.9. The number of nitrogens with one attached hydrogen (secondary N) is 2. The highest BCUT2D eigenvalue weighted by Crippen LogP contribution is 2.19. The summed E-state index contributed by atoms with van der Waals surface area (Å²) in [6.07, 6.45) is 1.73. The van der Waals surface area contributed by atoms with E-state index in [1.165, 1.54) is 5.56 Å². The van der Waals surface area contributed by atoms with Crippen molar-refractivity contribution in [3.8, 4) is 0 Å². The number of pyridine rings is 1. The zero-order valence-corrected chi connectivity index (χ0v) is 13.9. The predicted molar refractivity (Wildman–Crippen MR) is 89.9 cm³/mol. The van der Waals surface area contributed by atoms with Crippen LogP contribution in [0.1, 0.15) is 30.3 Å². The first-order valence-electron chi connectivity index (χ1n) is 7.21. The van der Waals surface area contributed by atoms with Gasteiger partial charge in [-0.15, -0.1) is 0 Å². The summed E-state index contributed by atoms with van der Waals surface area (Å²) in [7, 11) is 4.02. The number of urea groups is 1. The maximum absolute atomic E-state index is 12.1. The lowest BCUT2D eigenvalue weighted by Crippen LogP contribution is -2.41. The Balaban J connectivity index is 1.86. The van der Waals surface area contributed by atoms with E-state index in [2.05, 4.69) is 37.3 Å². The fourth-order valence-electron chi connectivity index (χ4n) is 2.21. The van der Waals surface area contributed by atoms with E-state index < -0.39 is 0 Å². The molecule has 2 aromatic rings. The Hall–Kier alpha value is -1.92. The van der Waals surface area contributed by atoms with Crippen molar-refractivity contribution in [2.45, 2.75) is 19.0 Å². The summed E-state index contributed by atoms with van der Waals surface area (Å²) >= 11 is 1.66. The van der Waals surface area contributed by atoms with Gasteiger partial charge in [-0.2, -0.15) is 11.3 Å². The van der Waals surface area contributed by atoms with Gasteiger partial charge in [0.25, 0.3) is 0 Å². The Morgan fingerprint density at radius 1 is 1.36 bits per heavy atom. The molecule has 0 spiro atoms. The summed E-state index contributed by atoms with van der Waals surface area (Å²) in [6.45, 7) is 2.48. The van der Waals surface area contributed by atoms with Crippen molar-refractivity contribution in [3.05, 3.63) is 52.5 Å².